The first kappa shape index (κ1) is 19.2. The topological polar surface area (TPSA) is 89.3 Å². The Labute approximate surface area is 167 Å². The summed E-state index contributed by atoms with van der Waals surface area (Å²) in [6, 6.07) is 7.96. The first-order valence-corrected chi connectivity index (χ1v) is 10.3. The molecule has 1 aromatic carbocycles. The number of carbonyl (C=O) groups is 1. The van der Waals surface area contributed by atoms with Crippen molar-refractivity contribution in [3.05, 3.63) is 53.6 Å². The molecule has 1 amide bonds. The van der Waals surface area contributed by atoms with E-state index < -0.39 is 5.54 Å². The third kappa shape index (κ3) is 3.47. The predicted octanol–water partition coefficient (Wildman–Crippen LogP) is 3.06. The van der Waals surface area contributed by atoms with E-state index in [-0.39, 0.29) is 22.9 Å². The van der Waals surface area contributed by atoms with E-state index in [1.807, 2.05) is 0 Å². The molecule has 0 radical (unpaired) electrons. The van der Waals surface area contributed by atoms with Crippen LogP contribution in [0.15, 0.2) is 36.5 Å². The summed E-state index contributed by atoms with van der Waals surface area (Å²) in [4.78, 5) is 16.6. The quantitative estimate of drug-likeness (QED) is 0.728. The number of amides is 1. The summed E-state index contributed by atoms with van der Waals surface area (Å²) in [5, 5.41) is 6.25. The Morgan fingerprint density at radius 2 is 2.29 bits per heavy atom. The van der Waals surface area contributed by atoms with Gasteiger partial charge in [-0.25, -0.2) is 9.37 Å². The van der Waals surface area contributed by atoms with E-state index in [9.17, 15) is 9.18 Å². The molecule has 28 heavy (non-hydrogen) atoms. The van der Waals surface area contributed by atoms with Crippen LogP contribution in [-0.2, 0) is 5.54 Å². The van der Waals surface area contributed by atoms with E-state index in [4.69, 9.17) is 10.5 Å². The molecule has 1 unspecified atom stereocenters. The first-order chi connectivity index (χ1) is 13.5. The van der Waals surface area contributed by atoms with Crippen LogP contribution in [0.25, 0.3) is 0 Å². The van der Waals surface area contributed by atoms with E-state index in [0.717, 1.165) is 25.0 Å². The number of hydrogen-bond acceptors (Lipinski definition) is 6. The van der Waals surface area contributed by atoms with Gasteiger partial charge in [-0.2, -0.15) is 0 Å². The van der Waals surface area contributed by atoms with Gasteiger partial charge in [0.25, 0.3) is 5.91 Å². The van der Waals surface area contributed by atoms with Crippen molar-refractivity contribution in [2.75, 3.05) is 18.2 Å². The standard InChI is InChI=1S/C20H23FN4O2S/c1-27-14-5-7-17(23-10-14)18(26)24-13-4-6-16(21)15(9-13)20-8-2-3-12(20)11-28-19(22)25-20/h4-7,9-10,12,19,25H,2-3,8,11,22H2,1H3,(H,24,26)/t12-,19?,20-/m0/s1. The van der Waals surface area contributed by atoms with Gasteiger partial charge < -0.3 is 15.8 Å². The molecular formula is C20H23FN4O2S. The van der Waals surface area contributed by atoms with Crippen LogP contribution in [0.5, 0.6) is 5.75 Å². The van der Waals surface area contributed by atoms with Gasteiger partial charge in [-0.1, -0.05) is 6.42 Å². The predicted molar refractivity (Wildman–Crippen MR) is 108 cm³/mol. The Kier molecular flexibility index (Phi) is 5.27. The highest BCUT2D eigenvalue weighted by Gasteiger charge is 2.49. The molecule has 3 atom stereocenters. The van der Waals surface area contributed by atoms with Crippen molar-refractivity contribution in [3.63, 3.8) is 0 Å². The molecule has 2 aromatic rings. The highest BCUT2D eigenvalue weighted by Crippen LogP contribution is 2.49. The SMILES string of the molecule is COc1ccc(C(=O)Nc2ccc(F)c([C@]34CCC[C@H]3CSC(N)N4)c2)nc1. The van der Waals surface area contributed by atoms with Crippen molar-refractivity contribution in [1.29, 1.82) is 0 Å². The van der Waals surface area contributed by atoms with Crippen LogP contribution in [0.1, 0.15) is 35.3 Å². The lowest BCUT2D eigenvalue weighted by Gasteiger charge is -2.43. The molecule has 2 fully saturated rings. The van der Waals surface area contributed by atoms with Gasteiger partial charge in [0.2, 0.25) is 0 Å². The minimum Gasteiger partial charge on any atom is -0.495 e. The van der Waals surface area contributed by atoms with E-state index in [1.54, 1.807) is 36.0 Å². The summed E-state index contributed by atoms with van der Waals surface area (Å²) < 4.78 is 19.9. The summed E-state index contributed by atoms with van der Waals surface area (Å²) >= 11 is 1.66. The lowest BCUT2D eigenvalue weighted by molar-refractivity contribution is 0.102. The Bertz CT molecular complexity index is 879. The number of pyridine rings is 1. The number of methoxy groups -OCH3 is 1. The van der Waals surface area contributed by atoms with Gasteiger partial charge in [0.15, 0.2) is 0 Å². The number of rotatable bonds is 4. The molecule has 1 saturated carbocycles. The van der Waals surface area contributed by atoms with Gasteiger partial charge in [0.05, 0.1) is 18.8 Å². The molecule has 2 aliphatic rings. The van der Waals surface area contributed by atoms with Gasteiger partial charge >= 0.3 is 0 Å². The Balaban J connectivity index is 1.61. The fourth-order valence-electron chi connectivity index (χ4n) is 4.22. The van der Waals surface area contributed by atoms with Crippen LogP contribution in [0, 0.1) is 11.7 Å². The molecule has 4 rings (SSSR count). The zero-order chi connectivity index (χ0) is 19.7. The number of aromatic nitrogens is 1. The van der Waals surface area contributed by atoms with Crippen LogP contribution < -0.4 is 21.1 Å². The summed E-state index contributed by atoms with van der Waals surface area (Å²) in [5.74, 6) is 1.16. The average Bonchev–Trinajstić information content (AvgIpc) is 3.13. The van der Waals surface area contributed by atoms with Crippen LogP contribution in [-0.4, -0.2) is 29.3 Å². The van der Waals surface area contributed by atoms with Crippen LogP contribution in [0.4, 0.5) is 10.1 Å². The molecule has 4 N–H and O–H groups in total. The van der Waals surface area contributed by atoms with Gasteiger partial charge in [0.1, 0.15) is 22.8 Å². The normalized spacial score (nSPS) is 26.5. The summed E-state index contributed by atoms with van der Waals surface area (Å²) in [5.41, 5.74) is 6.79. The third-order valence-electron chi connectivity index (χ3n) is 5.61. The largest absolute Gasteiger partial charge is 0.495 e. The van der Waals surface area contributed by atoms with Gasteiger partial charge in [-0.05, 0) is 49.1 Å². The summed E-state index contributed by atoms with van der Waals surface area (Å²) in [6.45, 7) is 0. The van der Waals surface area contributed by atoms with Gasteiger partial charge in [-0.3, -0.25) is 10.1 Å². The highest BCUT2D eigenvalue weighted by molar-refractivity contribution is 7.99. The fourth-order valence-corrected chi connectivity index (χ4v) is 5.40. The Morgan fingerprint density at radius 3 is 3.04 bits per heavy atom. The monoisotopic (exact) mass is 402 g/mol. The molecule has 0 bridgehead atoms. The second-order valence-corrected chi connectivity index (χ2v) is 8.37. The molecule has 0 spiro atoms. The number of benzene rings is 1. The maximum Gasteiger partial charge on any atom is 0.274 e. The number of carbonyl (C=O) groups excluding carboxylic acids is 1. The number of anilines is 1. The maximum absolute atomic E-state index is 14.8. The molecule has 148 valence electrons. The molecule has 8 heteroatoms. The van der Waals surface area contributed by atoms with Crippen LogP contribution in [0.2, 0.25) is 0 Å². The fraction of sp³-hybridized carbons (Fsp3) is 0.400. The molecule has 6 nitrogen and oxygen atoms in total. The van der Waals surface area contributed by atoms with E-state index in [0.29, 0.717) is 22.9 Å². The number of nitrogens with one attached hydrogen (secondary N) is 2. The molecular weight excluding hydrogens is 379 g/mol. The van der Waals surface area contributed by atoms with Crippen molar-refractivity contribution >= 4 is 23.4 Å². The number of hydrogen-bond donors (Lipinski definition) is 3. The average molecular weight is 402 g/mol. The van der Waals surface area contributed by atoms with Crippen molar-refractivity contribution < 1.29 is 13.9 Å². The van der Waals surface area contributed by atoms with Crippen LogP contribution >= 0.6 is 11.8 Å². The van der Waals surface area contributed by atoms with Crippen LogP contribution in [0.3, 0.4) is 0 Å². The second-order valence-electron chi connectivity index (χ2n) is 7.19. The number of ether oxygens (including phenoxy) is 1. The third-order valence-corrected chi connectivity index (χ3v) is 6.68. The van der Waals surface area contributed by atoms with Crippen molar-refractivity contribution in [2.24, 2.45) is 11.7 Å². The van der Waals surface area contributed by atoms with Crippen molar-refractivity contribution in [3.8, 4) is 5.75 Å². The summed E-state index contributed by atoms with van der Waals surface area (Å²) in [6.07, 6.45) is 4.38. The second kappa shape index (κ2) is 7.69. The maximum atomic E-state index is 14.8. The highest BCUT2D eigenvalue weighted by atomic mass is 32.2. The molecule has 1 saturated heterocycles. The minimum atomic E-state index is -0.478. The summed E-state index contributed by atoms with van der Waals surface area (Å²) in [7, 11) is 1.54. The first-order valence-electron chi connectivity index (χ1n) is 9.28. The number of nitrogens with two attached hydrogens (primary N) is 1. The zero-order valence-corrected chi connectivity index (χ0v) is 16.4. The molecule has 2 heterocycles. The van der Waals surface area contributed by atoms with Gasteiger partial charge in [-0.15, -0.1) is 11.8 Å². The number of halogens is 1. The number of thioether (sulfide) groups is 1. The molecule has 1 aliphatic carbocycles. The van der Waals surface area contributed by atoms with E-state index in [1.165, 1.54) is 19.4 Å². The minimum absolute atomic E-state index is 0.226. The van der Waals surface area contributed by atoms with Gasteiger partial charge in [0, 0.05) is 17.0 Å². The van der Waals surface area contributed by atoms with E-state index >= 15 is 0 Å². The molecule has 1 aliphatic heterocycles. The number of fused-ring (bicyclic) bond motifs is 1. The lowest BCUT2D eigenvalue weighted by atomic mass is 9.80. The zero-order valence-electron chi connectivity index (χ0n) is 15.6. The molecule has 1 aromatic heterocycles. The lowest BCUT2D eigenvalue weighted by Crippen LogP contribution is -2.57. The Hall–Kier alpha value is -2.16. The van der Waals surface area contributed by atoms with Crippen molar-refractivity contribution in [2.45, 2.75) is 30.3 Å². The van der Waals surface area contributed by atoms with Crippen molar-refractivity contribution in [1.82, 2.24) is 10.3 Å². The number of nitrogens with zero attached hydrogens (tertiary/aromatic N) is 1. The smallest absolute Gasteiger partial charge is 0.274 e. The Morgan fingerprint density at radius 1 is 1.43 bits per heavy atom. The van der Waals surface area contributed by atoms with E-state index in [2.05, 4.69) is 15.6 Å².